The number of hydrogen-bond donors (Lipinski definition) is 1. The number of sulfonamides is 1. The lowest BCUT2D eigenvalue weighted by Gasteiger charge is -2.19. The fourth-order valence-electron chi connectivity index (χ4n) is 2.90. The summed E-state index contributed by atoms with van der Waals surface area (Å²) in [5, 5.41) is 2.72. The summed E-state index contributed by atoms with van der Waals surface area (Å²) in [6.07, 6.45) is 0. The van der Waals surface area contributed by atoms with Crippen LogP contribution in [0.5, 0.6) is 17.2 Å². The van der Waals surface area contributed by atoms with Crippen molar-refractivity contribution in [3.05, 3.63) is 42.0 Å². The number of carbonyl (C=O) groups is 1. The van der Waals surface area contributed by atoms with Crippen LogP contribution in [0.2, 0.25) is 0 Å². The number of benzene rings is 2. The van der Waals surface area contributed by atoms with Crippen molar-refractivity contribution >= 4 is 21.6 Å². The molecule has 164 valence electrons. The molecule has 0 aliphatic carbocycles. The molecule has 1 N–H and O–H groups in total. The monoisotopic (exact) mass is 436 g/mol. The van der Waals surface area contributed by atoms with E-state index < -0.39 is 10.0 Å². The lowest BCUT2D eigenvalue weighted by Crippen LogP contribution is -2.30. The first-order valence-corrected chi connectivity index (χ1v) is 11.0. The second-order valence-electron chi connectivity index (χ2n) is 6.42. The van der Waals surface area contributed by atoms with Gasteiger partial charge in [0, 0.05) is 19.2 Å². The van der Waals surface area contributed by atoms with Crippen LogP contribution >= 0.6 is 0 Å². The summed E-state index contributed by atoms with van der Waals surface area (Å²) in [6.45, 7) is 5.86. The minimum absolute atomic E-state index is 0.196. The summed E-state index contributed by atoms with van der Waals surface area (Å²) in [4.78, 5) is 12.5. The molecule has 0 saturated heterocycles. The number of nitrogens with zero attached hydrogens (tertiary/aromatic N) is 1. The zero-order valence-electron chi connectivity index (χ0n) is 17.9. The highest BCUT2D eigenvalue weighted by atomic mass is 32.2. The molecule has 1 amide bonds. The fourth-order valence-corrected chi connectivity index (χ4v) is 4.44. The van der Waals surface area contributed by atoms with E-state index in [4.69, 9.17) is 14.2 Å². The SMILES string of the molecule is CCN(CC)S(=O)(=O)c1ccc(OCC(=O)Nc2cc(OC)ccc2OC)c(C)c1. The molecule has 0 spiro atoms. The zero-order chi connectivity index (χ0) is 22.3. The summed E-state index contributed by atoms with van der Waals surface area (Å²) in [5.74, 6) is 1.11. The van der Waals surface area contributed by atoms with Crippen LogP contribution < -0.4 is 19.5 Å². The maximum absolute atomic E-state index is 12.6. The predicted octanol–water partition coefficient (Wildman–Crippen LogP) is 3.06. The highest BCUT2D eigenvalue weighted by Crippen LogP contribution is 2.29. The maximum Gasteiger partial charge on any atom is 0.262 e. The number of carbonyl (C=O) groups excluding carboxylic acids is 1. The average Bonchev–Trinajstić information content (AvgIpc) is 2.73. The Labute approximate surface area is 177 Å². The van der Waals surface area contributed by atoms with Crippen LogP contribution in [0.4, 0.5) is 5.69 Å². The number of amides is 1. The van der Waals surface area contributed by atoms with Gasteiger partial charge in [-0.3, -0.25) is 4.79 Å². The van der Waals surface area contributed by atoms with Crippen molar-refractivity contribution in [3.63, 3.8) is 0 Å². The molecule has 8 nitrogen and oxygen atoms in total. The Bertz CT molecular complexity index is 987. The van der Waals surface area contributed by atoms with E-state index >= 15 is 0 Å². The average molecular weight is 437 g/mol. The molecule has 0 fully saturated rings. The van der Waals surface area contributed by atoms with Crippen LogP contribution in [0.1, 0.15) is 19.4 Å². The van der Waals surface area contributed by atoms with Gasteiger partial charge in [-0.2, -0.15) is 4.31 Å². The third-order valence-electron chi connectivity index (χ3n) is 4.53. The van der Waals surface area contributed by atoms with Crippen molar-refractivity contribution in [1.29, 1.82) is 0 Å². The largest absolute Gasteiger partial charge is 0.497 e. The van der Waals surface area contributed by atoms with E-state index in [2.05, 4.69) is 5.32 Å². The van der Waals surface area contributed by atoms with Gasteiger partial charge in [0.2, 0.25) is 10.0 Å². The number of hydrogen-bond acceptors (Lipinski definition) is 6. The highest BCUT2D eigenvalue weighted by molar-refractivity contribution is 7.89. The van der Waals surface area contributed by atoms with Gasteiger partial charge in [-0.05, 0) is 42.8 Å². The van der Waals surface area contributed by atoms with Crippen LogP contribution in [0, 0.1) is 6.92 Å². The molecule has 0 aromatic heterocycles. The highest BCUT2D eigenvalue weighted by Gasteiger charge is 2.22. The summed E-state index contributed by atoms with van der Waals surface area (Å²) >= 11 is 0. The molecular formula is C21H28N2O6S. The van der Waals surface area contributed by atoms with Gasteiger partial charge in [-0.1, -0.05) is 13.8 Å². The van der Waals surface area contributed by atoms with Gasteiger partial charge in [0.15, 0.2) is 6.61 Å². The van der Waals surface area contributed by atoms with E-state index in [0.29, 0.717) is 41.6 Å². The molecule has 0 saturated carbocycles. The number of nitrogens with one attached hydrogen (secondary N) is 1. The van der Waals surface area contributed by atoms with Gasteiger partial charge in [0.25, 0.3) is 5.91 Å². The molecule has 0 heterocycles. The van der Waals surface area contributed by atoms with E-state index in [0.717, 1.165) is 0 Å². The van der Waals surface area contributed by atoms with E-state index in [-0.39, 0.29) is 17.4 Å². The summed E-state index contributed by atoms with van der Waals surface area (Å²) in [6, 6.07) is 9.65. The normalized spacial score (nSPS) is 11.3. The molecule has 30 heavy (non-hydrogen) atoms. The molecular weight excluding hydrogens is 408 g/mol. The smallest absolute Gasteiger partial charge is 0.262 e. The third kappa shape index (κ3) is 5.43. The first kappa shape index (κ1) is 23.5. The molecule has 9 heteroatoms. The van der Waals surface area contributed by atoms with Crippen LogP contribution in [0.25, 0.3) is 0 Å². The van der Waals surface area contributed by atoms with Crippen LogP contribution in [-0.4, -0.2) is 52.5 Å². The molecule has 0 bridgehead atoms. The summed E-state index contributed by atoms with van der Waals surface area (Å²) < 4.78 is 42.7. The summed E-state index contributed by atoms with van der Waals surface area (Å²) in [5.41, 5.74) is 1.08. The molecule has 2 aromatic rings. The molecule has 2 aromatic carbocycles. The van der Waals surface area contributed by atoms with Crippen LogP contribution in [0.3, 0.4) is 0 Å². The van der Waals surface area contributed by atoms with Gasteiger partial charge < -0.3 is 19.5 Å². The van der Waals surface area contributed by atoms with E-state index in [1.165, 1.54) is 24.6 Å². The number of methoxy groups -OCH3 is 2. The Morgan fingerprint density at radius 2 is 1.67 bits per heavy atom. The number of rotatable bonds is 10. The van der Waals surface area contributed by atoms with Crippen molar-refractivity contribution in [1.82, 2.24) is 4.31 Å². The molecule has 0 unspecified atom stereocenters. The lowest BCUT2D eigenvalue weighted by molar-refractivity contribution is -0.118. The van der Waals surface area contributed by atoms with Crippen molar-refractivity contribution < 1.29 is 27.4 Å². The van der Waals surface area contributed by atoms with E-state index in [1.54, 1.807) is 51.1 Å². The van der Waals surface area contributed by atoms with Crippen LogP contribution in [0.15, 0.2) is 41.3 Å². The standard InChI is InChI=1S/C21H28N2O6S/c1-6-23(7-2)30(25,26)17-9-11-19(15(3)12-17)29-14-21(24)22-18-13-16(27-4)8-10-20(18)28-5/h8-13H,6-7,14H2,1-5H3,(H,22,24). The Balaban J connectivity index is 2.09. The second kappa shape index (κ2) is 10.3. The van der Waals surface area contributed by atoms with Gasteiger partial charge in [-0.15, -0.1) is 0 Å². The van der Waals surface area contributed by atoms with Crippen molar-refractivity contribution in [2.24, 2.45) is 0 Å². The Kier molecular flexibility index (Phi) is 8.08. The summed E-state index contributed by atoms with van der Waals surface area (Å²) in [7, 11) is -0.518. The Morgan fingerprint density at radius 1 is 1.00 bits per heavy atom. The van der Waals surface area contributed by atoms with Crippen molar-refractivity contribution in [2.75, 3.05) is 39.2 Å². The zero-order valence-corrected chi connectivity index (χ0v) is 18.7. The predicted molar refractivity (Wildman–Crippen MR) is 115 cm³/mol. The molecule has 0 radical (unpaired) electrons. The Morgan fingerprint density at radius 3 is 2.23 bits per heavy atom. The lowest BCUT2D eigenvalue weighted by atomic mass is 10.2. The Hall–Kier alpha value is -2.78. The molecule has 2 rings (SSSR count). The molecule has 0 aliphatic heterocycles. The van der Waals surface area contributed by atoms with Gasteiger partial charge in [0.05, 0.1) is 24.8 Å². The number of anilines is 1. The first-order chi connectivity index (χ1) is 14.3. The fraction of sp³-hybridized carbons (Fsp3) is 0.381. The van der Waals surface area contributed by atoms with E-state index in [1.807, 2.05) is 0 Å². The molecule has 0 atom stereocenters. The van der Waals surface area contributed by atoms with Gasteiger partial charge in [-0.25, -0.2) is 8.42 Å². The number of ether oxygens (including phenoxy) is 3. The third-order valence-corrected chi connectivity index (χ3v) is 6.57. The van der Waals surface area contributed by atoms with Gasteiger partial charge >= 0.3 is 0 Å². The maximum atomic E-state index is 12.6. The first-order valence-electron chi connectivity index (χ1n) is 9.52. The topological polar surface area (TPSA) is 94.2 Å². The van der Waals surface area contributed by atoms with Crippen molar-refractivity contribution in [2.45, 2.75) is 25.7 Å². The molecule has 0 aliphatic rings. The second-order valence-corrected chi connectivity index (χ2v) is 8.36. The van der Waals surface area contributed by atoms with Crippen molar-refractivity contribution in [3.8, 4) is 17.2 Å². The van der Waals surface area contributed by atoms with E-state index in [9.17, 15) is 13.2 Å². The minimum atomic E-state index is -3.55. The number of aryl methyl sites for hydroxylation is 1. The minimum Gasteiger partial charge on any atom is -0.497 e. The quantitative estimate of drug-likeness (QED) is 0.615. The van der Waals surface area contributed by atoms with Gasteiger partial charge in [0.1, 0.15) is 17.2 Å². The van der Waals surface area contributed by atoms with Crippen LogP contribution in [-0.2, 0) is 14.8 Å².